The molecule has 0 aliphatic heterocycles. The van der Waals surface area contributed by atoms with E-state index in [0.29, 0.717) is 6.54 Å². The molecule has 0 bridgehead atoms. The van der Waals surface area contributed by atoms with Gasteiger partial charge in [0.25, 0.3) is 5.56 Å². The van der Waals surface area contributed by atoms with Gasteiger partial charge in [0.1, 0.15) is 5.69 Å². The van der Waals surface area contributed by atoms with Crippen molar-refractivity contribution in [1.82, 2.24) is 14.5 Å². The smallest absolute Gasteiger partial charge is 0.278 e. The Labute approximate surface area is 119 Å². The van der Waals surface area contributed by atoms with Crippen LogP contribution in [0.1, 0.15) is 5.56 Å². The third kappa shape index (κ3) is 2.12. The molecule has 2 aromatic heterocycles. The first-order valence-electron chi connectivity index (χ1n) is 6.00. The van der Waals surface area contributed by atoms with Crippen LogP contribution in [0.25, 0.3) is 10.9 Å². The molecule has 20 heavy (non-hydrogen) atoms. The summed E-state index contributed by atoms with van der Waals surface area (Å²) in [5, 5.41) is 1.03. The normalized spacial score (nSPS) is 10.8. The van der Waals surface area contributed by atoms with E-state index in [-0.39, 0.29) is 16.4 Å². The molecule has 5 nitrogen and oxygen atoms in total. The van der Waals surface area contributed by atoms with E-state index in [9.17, 15) is 4.79 Å². The van der Waals surface area contributed by atoms with Crippen molar-refractivity contribution in [1.29, 1.82) is 0 Å². The highest BCUT2D eigenvalue weighted by molar-refractivity contribution is 6.31. The fourth-order valence-corrected chi connectivity index (χ4v) is 2.20. The monoisotopic (exact) mass is 286 g/mol. The minimum absolute atomic E-state index is 0.0332. The fourth-order valence-electron chi connectivity index (χ4n) is 2.07. The molecule has 3 aromatic rings. The number of nitrogens with zero attached hydrogens (tertiary/aromatic N) is 3. The molecule has 0 radical (unpaired) electrons. The first-order valence-corrected chi connectivity index (χ1v) is 6.37. The van der Waals surface area contributed by atoms with Crippen LogP contribution in [-0.2, 0) is 6.54 Å². The van der Waals surface area contributed by atoms with Crippen LogP contribution >= 0.6 is 11.6 Å². The number of pyridine rings is 1. The third-order valence-electron chi connectivity index (χ3n) is 3.10. The lowest BCUT2D eigenvalue weighted by Gasteiger charge is -2.09. The number of para-hydroxylation sites is 1. The van der Waals surface area contributed by atoms with Crippen molar-refractivity contribution < 1.29 is 0 Å². The highest BCUT2D eigenvalue weighted by Gasteiger charge is 2.08. The molecular formula is C14H11ClN4O. The van der Waals surface area contributed by atoms with Crippen molar-refractivity contribution in [2.45, 2.75) is 6.54 Å². The SMILES string of the molecule is Nc1c(Cl)ncn(Cc2ccnc3ccccc23)c1=O. The number of nitrogens with two attached hydrogens (primary N) is 1. The summed E-state index contributed by atoms with van der Waals surface area (Å²) in [6.07, 6.45) is 3.12. The molecule has 0 amide bonds. The Morgan fingerprint density at radius 3 is 2.85 bits per heavy atom. The highest BCUT2D eigenvalue weighted by Crippen LogP contribution is 2.17. The molecule has 0 unspecified atom stereocenters. The Balaban J connectivity index is 2.11. The lowest BCUT2D eigenvalue weighted by Crippen LogP contribution is -2.24. The van der Waals surface area contributed by atoms with Crippen LogP contribution in [0.5, 0.6) is 0 Å². The van der Waals surface area contributed by atoms with Crippen LogP contribution in [0.4, 0.5) is 5.69 Å². The van der Waals surface area contributed by atoms with E-state index in [0.717, 1.165) is 16.5 Å². The second-order valence-electron chi connectivity index (χ2n) is 4.37. The first kappa shape index (κ1) is 12.6. The zero-order chi connectivity index (χ0) is 14.1. The second kappa shape index (κ2) is 4.94. The third-order valence-corrected chi connectivity index (χ3v) is 3.41. The van der Waals surface area contributed by atoms with Crippen molar-refractivity contribution in [2.24, 2.45) is 0 Å². The summed E-state index contributed by atoms with van der Waals surface area (Å²) in [6.45, 7) is 0.371. The molecule has 6 heteroatoms. The maximum atomic E-state index is 12.0. The lowest BCUT2D eigenvalue weighted by atomic mass is 10.1. The van der Waals surface area contributed by atoms with Crippen LogP contribution in [0.3, 0.4) is 0 Å². The van der Waals surface area contributed by atoms with Gasteiger partial charge < -0.3 is 5.73 Å². The number of nitrogen functional groups attached to an aromatic ring is 1. The van der Waals surface area contributed by atoms with E-state index in [1.807, 2.05) is 30.3 Å². The molecule has 0 spiro atoms. The van der Waals surface area contributed by atoms with Gasteiger partial charge in [0.05, 0.1) is 18.4 Å². The zero-order valence-corrected chi connectivity index (χ0v) is 11.2. The molecular weight excluding hydrogens is 276 g/mol. The highest BCUT2D eigenvalue weighted by atomic mass is 35.5. The number of rotatable bonds is 2. The van der Waals surface area contributed by atoms with Crippen LogP contribution in [-0.4, -0.2) is 14.5 Å². The second-order valence-corrected chi connectivity index (χ2v) is 4.73. The zero-order valence-electron chi connectivity index (χ0n) is 10.5. The predicted molar refractivity (Wildman–Crippen MR) is 78.8 cm³/mol. The van der Waals surface area contributed by atoms with E-state index in [1.54, 1.807) is 6.20 Å². The summed E-state index contributed by atoms with van der Waals surface area (Å²) in [5.74, 6) is 0. The Kier molecular flexibility index (Phi) is 3.12. The van der Waals surface area contributed by atoms with Gasteiger partial charge in [-0.25, -0.2) is 4.98 Å². The topological polar surface area (TPSA) is 73.8 Å². The molecule has 0 aliphatic rings. The Hall–Kier alpha value is -2.40. The number of anilines is 1. The Morgan fingerprint density at radius 1 is 1.20 bits per heavy atom. The predicted octanol–water partition coefficient (Wildman–Crippen LogP) is 2.08. The van der Waals surface area contributed by atoms with Gasteiger partial charge in [-0.1, -0.05) is 29.8 Å². The van der Waals surface area contributed by atoms with Crippen molar-refractivity contribution >= 4 is 28.2 Å². The Bertz CT molecular complexity index is 839. The average Bonchev–Trinajstić information content (AvgIpc) is 2.48. The molecule has 1 aromatic carbocycles. The van der Waals surface area contributed by atoms with Crippen LogP contribution in [0, 0.1) is 0 Å². The summed E-state index contributed by atoms with van der Waals surface area (Å²) < 4.78 is 1.43. The van der Waals surface area contributed by atoms with Crippen molar-refractivity contribution in [2.75, 3.05) is 5.73 Å². The minimum Gasteiger partial charge on any atom is -0.392 e. The van der Waals surface area contributed by atoms with Crippen molar-refractivity contribution in [3.05, 3.63) is 63.9 Å². The number of halogens is 1. The summed E-state index contributed by atoms with van der Waals surface area (Å²) in [5.41, 5.74) is 7.09. The lowest BCUT2D eigenvalue weighted by molar-refractivity contribution is 0.743. The molecule has 0 atom stereocenters. The molecule has 3 rings (SSSR count). The average molecular weight is 287 g/mol. The maximum Gasteiger partial charge on any atom is 0.278 e. The first-order chi connectivity index (χ1) is 9.66. The molecule has 0 fully saturated rings. The molecule has 0 saturated carbocycles. The largest absolute Gasteiger partial charge is 0.392 e. The van der Waals surface area contributed by atoms with E-state index < -0.39 is 0 Å². The minimum atomic E-state index is -0.342. The maximum absolute atomic E-state index is 12.0. The number of hydrogen-bond donors (Lipinski definition) is 1. The van der Waals surface area contributed by atoms with Crippen LogP contribution < -0.4 is 11.3 Å². The molecule has 0 saturated heterocycles. The number of aromatic nitrogens is 3. The quantitative estimate of drug-likeness (QED) is 0.732. The molecule has 2 heterocycles. The van der Waals surface area contributed by atoms with E-state index >= 15 is 0 Å². The number of fused-ring (bicyclic) bond motifs is 1. The van der Waals surface area contributed by atoms with E-state index in [2.05, 4.69) is 9.97 Å². The summed E-state index contributed by atoms with van der Waals surface area (Å²) in [6, 6.07) is 9.63. The molecule has 2 N–H and O–H groups in total. The van der Waals surface area contributed by atoms with E-state index in [4.69, 9.17) is 17.3 Å². The van der Waals surface area contributed by atoms with Gasteiger partial charge in [0, 0.05) is 11.6 Å². The van der Waals surface area contributed by atoms with Gasteiger partial charge in [-0.05, 0) is 17.7 Å². The fraction of sp³-hybridized carbons (Fsp3) is 0.0714. The van der Waals surface area contributed by atoms with Crippen molar-refractivity contribution in [3.8, 4) is 0 Å². The standard InChI is InChI=1S/C14H11ClN4O/c15-13-12(16)14(20)19(8-18-13)7-9-5-6-17-11-4-2-1-3-10(9)11/h1-6,8H,7,16H2. The van der Waals surface area contributed by atoms with Gasteiger partial charge in [0.15, 0.2) is 5.15 Å². The van der Waals surface area contributed by atoms with Crippen molar-refractivity contribution in [3.63, 3.8) is 0 Å². The number of hydrogen-bond acceptors (Lipinski definition) is 4. The Morgan fingerprint density at radius 2 is 2.00 bits per heavy atom. The van der Waals surface area contributed by atoms with Gasteiger partial charge >= 0.3 is 0 Å². The van der Waals surface area contributed by atoms with Gasteiger partial charge in [-0.2, -0.15) is 0 Å². The summed E-state index contributed by atoms with van der Waals surface area (Å²) >= 11 is 5.72. The summed E-state index contributed by atoms with van der Waals surface area (Å²) in [4.78, 5) is 20.2. The van der Waals surface area contributed by atoms with E-state index in [1.165, 1.54) is 10.9 Å². The van der Waals surface area contributed by atoms with Gasteiger partial charge in [-0.15, -0.1) is 0 Å². The van der Waals surface area contributed by atoms with Gasteiger partial charge in [-0.3, -0.25) is 14.3 Å². The molecule has 100 valence electrons. The summed E-state index contributed by atoms with van der Waals surface area (Å²) in [7, 11) is 0. The molecule has 0 aliphatic carbocycles. The number of benzene rings is 1. The van der Waals surface area contributed by atoms with Crippen LogP contribution in [0.15, 0.2) is 47.7 Å². The van der Waals surface area contributed by atoms with Gasteiger partial charge in [0.2, 0.25) is 0 Å². The van der Waals surface area contributed by atoms with Crippen LogP contribution in [0.2, 0.25) is 5.15 Å².